The molecule has 0 atom stereocenters. The third-order valence-corrected chi connectivity index (χ3v) is 5.62. The largest absolute Gasteiger partial charge is 0.497 e. The average molecular weight is 426 g/mol. The first-order valence-electron chi connectivity index (χ1n) is 10.7. The van der Waals surface area contributed by atoms with Crippen molar-refractivity contribution in [2.75, 3.05) is 7.11 Å². The highest BCUT2D eigenvalue weighted by atomic mass is 16.7. The van der Waals surface area contributed by atoms with E-state index in [2.05, 4.69) is 61.7 Å². The smallest absolute Gasteiger partial charge is 0.260 e. The first-order valence-corrected chi connectivity index (χ1v) is 10.7. The Balaban J connectivity index is 1.34. The van der Waals surface area contributed by atoms with Crippen molar-refractivity contribution in [3.05, 3.63) is 119 Å². The predicted octanol–water partition coefficient (Wildman–Crippen LogP) is 5.92. The van der Waals surface area contributed by atoms with Crippen molar-refractivity contribution in [1.29, 1.82) is 0 Å². The summed E-state index contributed by atoms with van der Waals surface area (Å²) in [6.07, 6.45) is 2.80. The quantitative estimate of drug-likeness (QED) is 0.421. The highest BCUT2D eigenvalue weighted by Gasteiger charge is 2.26. The summed E-state index contributed by atoms with van der Waals surface area (Å²) >= 11 is 0. The van der Waals surface area contributed by atoms with Gasteiger partial charge in [-0.05, 0) is 53.6 Å². The molecule has 3 aromatic rings. The second-order valence-electron chi connectivity index (χ2n) is 7.98. The van der Waals surface area contributed by atoms with Crippen LogP contribution >= 0.6 is 0 Å². The van der Waals surface area contributed by atoms with Crippen LogP contribution in [0.15, 0.2) is 91.7 Å². The number of methoxy groups -OCH3 is 1. The molecule has 1 aliphatic heterocycles. The first-order chi connectivity index (χ1) is 15.5. The number of hydrogen-bond acceptors (Lipinski definition) is 3. The van der Waals surface area contributed by atoms with Crippen LogP contribution in [0, 0.1) is 0 Å². The number of carbonyl (C=O) groups is 1. The van der Waals surface area contributed by atoms with Crippen molar-refractivity contribution >= 4 is 11.7 Å². The SMILES string of the molecule is C=C(ON1C(=C)CCC1=O)c1ccc(Cc2ccc(Cc3ccc(OC)cc3)cc2)cc1. The molecule has 0 radical (unpaired) electrons. The molecule has 0 bridgehead atoms. The van der Waals surface area contributed by atoms with Crippen LogP contribution in [0.5, 0.6) is 5.75 Å². The Morgan fingerprint density at radius 3 is 1.72 bits per heavy atom. The summed E-state index contributed by atoms with van der Waals surface area (Å²) in [7, 11) is 1.68. The molecule has 1 heterocycles. The third-order valence-electron chi connectivity index (χ3n) is 5.62. The van der Waals surface area contributed by atoms with Gasteiger partial charge in [-0.3, -0.25) is 4.79 Å². The number of amides is 1. The Bertz CT molecular complexity index is 1100. The van der Waals surface area contributed by atoms with E-state index in [-0.39, 0.29) is 5.91 Å². The number of rotatable bonds is 8. The van der Waals surface area contributed by atoms with E-state index in [1.54, 1.807) is 7.11 Å². The van der Waals surface area contributed by atoms with Crippen LogP contribution < -0.4 is 4.74 Å². The summed E-state index contributed by atoms with van der Waals surface area (Å²) in [6, 6.07) is 25.0. The number of benzene rings is 3. The van der Waals surface area contributed by atoms with Gasteiger partial charge in [0.05, 0.1) is 12.8 Å². The van der Waals surface area contributed by atoms with Crippen molar-refractivity contribution in [2.24, 2.45) is 0 Å². The molecule has 0 aromatic heterocycles. The lowest BCUT2D eigenvalue weighted by Crippen LogP contribution is -2.22. The molecule has 32 heavy (non-hydrogen) atoms. The highest BCUT2D eigenvalue weighted by molar-refractivity contribution is 5.80. The molecule has 4 heteroatoms. The fourth-order valence-corrected chi connectivity index (χ4v) is 3.71. The van der Waals surface area contributed by atoms with Gasteiger partial charge in [-0.15, -0.1) is 5.06 Å². The second-order valence-corrected chi connectivity index (χ2v) is 7.98. The maximum absolute atomic E-state index is 11.9. The van der Waals surface area contributed by atoms with Crippen molar-refractivity contribution in [3.63, 3.8) is 0 Å². The topological polar surface area (TPSA) is 38.8 Å². The van der Waals surface area contributed by atoms with Crippen LogP contribution in [-0.4, -0.2) is 18.1 Å². The number of ether oxygens (including phenoxy) is 1. The van der Waals surface area contributed by atoms with Crippen molar-refractivity contribution < 1.29 is 14.4 Å². The van der Waals surface area contributed by atoms with Gasteiger partial charge in [0.1, 0.15) is 5.75 Å². The van der Waals surface area contributed by atoms with Gasteiger partial charge in [0, 0.05) is 12.0 Å². The molecule has 162 valence electrons. The molecule has 1 aliphatic rings. The van der Waals surface area contributed by atoms with E-state index in [1.807, 2.05) is 24.3 Å². The van der Waals surface area contributed by atoms with Gasteiger partial charge in [-0.2, -0.15) is 0 Å². The molecule has 1 fully saturated rings. The third kappa shape index (κ3) is 5.09. The zero-order valence-corrected chi connectivity index (χ0v) is 18.3. The minimum absolute atomic E-state index is 0.0804. The highest BCUT2D eigenvalue weighted by Crippen LogP contribution is 2.26. The molecule has 0 spiro atoms. The van der Waals surface area contributed by atoms with E-state index in [0.29, 0.717) is 24.3 Å². The van der Waals surface area contributed by atoms with Gasteiger partial charge in [0.25, 0.3) is 5.91 Å². The summed E-state index contributed by atoms with van der Waals surface area (Å²) in [6.45, 7) is 7.82. The van der Waals surface area contributed by atoms with E-state index in [9.17, 15) is 4.79 Å². The molecular weight excluding hydrogens is 398 g/mol. The lowest BCUT2D eigenvalue weighted by atomic mass is 9.99. The molecule has 1 saturated heterocycles. The second kappa shape index (κ2) is 9.56. The summed E-state index contributed by atoms with van der Waals surface area (Å²) in [5, 5.41) is 1.25. The number of allylic oxidation sites excluding steroid dienone is 1. The molecule has 0 aliphatic carbocycles. The van der Waals surface area contributed by atoms with E-state index < -0.39 is 0 Å². The summed E-state index contributed by atoms with van der Waals surface area (Å²) in [5.74, 6) is 1.24. The van der Waals surface area contributed by atoms with Crippen LogP contribution in [0.25, 0.3) is 5.76 Å². The molecule has 3 aromatic carbocycles. The maximum atomic E-state index is 11.9. The minimum Gasteiger partial charge on any atom is -0.497 e. The summed E-state index contributed by atoms with van der Waals surface area (Å²) in [4.78, 5) is 17.5. The number of nitrogens with zero attached hydrogens (tertiary/aromatic N) is 1. The van der Waals surface area contributed by atoms with Crippen LogP contribution in [0.4, 0.5) is 0 Å². The minimum atomic E-state index is -0.0804. The summed E-state index contributed by atoms with van der Waals surface area (Å²) < 4.78 is 5.22. The first kappa shape index (κ1) is 21.4. The predicted molar refractivity (Wildman–Crippen MR) is 127 cm³/mol. The molecule has 0 N–H and O–H groups in total. The van der Waals surface area contributed by atoms with Crippen LogP contribution in [0.3, 0.4) is 0 Å². The van der Waals surface area contributed by atoms with Gasteiger partial charge in [-0.1, -0.05) is 73.8 Å². The van der Waals surface area contributed by atoms with Crippen LogP contribution in [-0.2, 0) is 22.5 Å². The zero-order valence-electron chi connectivity index (χ0n) is 18.3. The molecule has 0 unspecified atom stereocenters. The Morgan fingerprint density at radius 1 is 0.812 bits per heavy atom. The Hall–Kier alpha value is -3.79. The van der Waals surface area contributed by atoms with Gasteiger partial charge in [0.15, 0.2) is 5.76 Å². The van der Waals surface area contributed by atoms with Gasteiger partial charge < -0.3 is 9.57 Å². The normalized spacial score (nSPS) is 13.3. The van der Waals surface area contributed by atoms with E-state index in [4.69, 9.17) is 9.57 Å². The van der Waals surface area contributed by atoms with Gasteiger partial charge in [0.2, 0.25) is 0 Å². The van der Waals surface area contributed by atoms with E-state index in [0.717, 1.165) is 24.2 Å². The fourth-order valence-electron chi connectivity index (χ4n) is 3.71. The molecule has 4 nitrogen and oxygen atoms in total. The van der Waals surface area contributed by atoms with Crippen LogP contribution in [0.2, 0.25) is 0 Å². The number of carbonyl (C=O) groups excluding carboxylic acids is 1. The molecule has 4 rings (SSSR count). The number of hydrogen-bond donors (Lipinski definition) is 0. The van der Waals surface area contributed by atoms with Crippen molar-refractivity contribution in [1.82, 2.24) is 5.06 Å². The van der Waals surface area contributed by atoms with Gasteiger partial charge >= 0.3 is 0 Å². The molecular formula is C28H27NO3. The zero-order chi connectivity index (χ0) is 22.5. The van der Waals surface area contributed by atoms with E-state index in [1.165, 1.54) is 27.3 Å². The standard InChI is InChI=1S/C28H27NO3/c1-20-4-17-28(30)29(20)32-21(2)26-13-9-24(10-14-26)18-22-5-7-23(8-6-22)19-25-11-15-27(31-3)16-12-25/h5-16H,1-2,4,17-19H2,3H3. The number of hydroxylamine groups is 2. The van der Waals surface area contributed by atoms with Crippen molar-refractivity contribution in [2.45, 2.75) is 25.7 Å². The Morgan fingerprint density at radius 2 is 1.28 bits per heavy atom. The average Bonchev–Trinajstić information content (AvgIpc) is 3.13. The van der Waals surface area contributed by atoms with Crippen molar-refractivity contribution in [3.8, 4) is 5.75 Å². The van der Waals surface area contributed by atoms with Crippen LogP contribution in [0.1, 0.15) is 40.7 Å². The lowest BCUT2D eigenvalue weighted by Gasteiger charge is -2.19. The molecule has 0 saturated carbocycles. The van der Waals surface area contributed by atoms with E-state index >= 15 is 0 Å². The van der Waals surface area contributed by atoms with Gasteiger partial charge in [-0.25, -0.2) is 0 Å². The Labute approximate surface area is 189 Å². The molecule has 1 amide bonds. The fraction of sp³-hybridized carbons (Fsp3) is 0.179. The maximum Gasteiger partial charge on any atom is 0.260 e. The summed E-state index contributed by atoms with van der Waals surface area (Å²) in [5.41, 5.74) is 6.51. The lowest BCUT2D eigenvalue weighted by molar-refractivity contribution is -0.150. The Kier molecular flexibility index (Phi) is 6.41. The monoisotopic (exact) mass is 425 g/mol.